The summed E-state index contributed by atoms with van der Waals surface area (Å²) in [6, 6.07) is 3.30. The second-order valence-corrected chi connectivity index (χ2v) is 2.02. The maximum atomic E-state index is 10.4. The largest absolute Gasteiger partial charge is 0.271 e. The fourth-order valence-corrected chi connectivity index (χ4v) is 0.602. The van der Waals surface area contributed by atoms with E-state index < -0.39 is 5.91 Å². The number of nitrogens with one attached hydrogen (secondary N) is 1. The molecule has 1 heterocycles. The van der Waals surface area contributed by atoms with Crippen molar-refractivity contribution in [3.05, 3.63) is 29.6 Å². The lowest BCUT2D eigenvalue weighted by Gasteiger charge is -1.92. The Morgan fingerprint density at radius 2 is 2.30 bits per heavy atom. The lowest BCUT2D eigenvalue weighted by Crippen LogP contribution is -1.99. The van der Waals surface area contributed by atoms with E-state index in [2.05, 4.69) is 4.98 Å². The zero-order valence-electron chi connectivity index (χ0n) is 5.59. The van der Waals surface area contributed by atoms with Crippen LogP contribution in [0.4, 0.5) is 0 Å². The summed E-state index contributed by atoms with van der Waals surface area (Å²) < 4.78 is 0. The van der Waals surface area contributed by atoms with E-state index in [1.54, 1.807) is 12.1 Å². The first-order valence-electron chi connectivity index (χ1n) is 2.89. The highest BCUT2D eigenvalue weighted by molar-refractivity contribution is 5.91. The molecule has 1 radical (unpaired) electrons. The number of carbonyl (C=O) groups excluding carboxylic acids is 1. The van der Waals surface area contributed by atoms with Gasteiger partial charge in [-0.25, -0.2) is 0 Å². The van der Waals surface area contributed by atoms with Crippen molar-refractivity contribution in [1.82, 2.24) is 10.7 Å². The molecule has 0 spiro atoms. The van der Waals surface area contributed by atoms with Crippen molar-refractivity contribution in [1.29, 1.82) is 0 Å². The Morgan fingerprint density at radius 3 is 2.70 bits per heavy atom. The van der Waals surface area contributed by atoms with Crippen LogP contribution in [0.25, 0.3) is 0 Å². The van der Waals surface area contributed by atoms with Gasteiger partial charge in [-0.2, -0.15) is 0 Å². The monoisotopic (exact) mass is 135 g/mol. The van der Waals surface area contributed by atoms with Crippen LogP contribution >= 0.6 is 0 Å². The topological polar surface area (TPSA) is 53.8 Å². The number of aromatic nitrogens is 1. The number of pyridine rings is 1. The molecule has 0 saturated carbocycles. The van der Waals surface area contributed by atoms with Crippen LogP contribution in [-0.2, 0) is 0 Å². The van der Waals surface area contributed by atoms with Crippen molar-refractivity contribution >= 4 is 5.91 Å². The van der Waals surface area contributed by atoms with Crippen molar-refractivity contribution in [3.8, 4) is 0 Å². The van der Waals surface area contributed by atoms with Crippen molar-refractivity contribution in [2.45, 2.75) is 6.92 Å². The number of aryl methyl sites for hydroxylation is 1. The molecule has 0 bridgehead atoms. The summed E-state index contributed by atoms with van der Waals surface area (Å²) in [5, 5.41) is 0. The van der Waals surface area contributed by atoms with Crippen LogP contribution in [0, 0.1) is 6.92 Å². The molecule has 1 aromatic heterocycles. The van der Waals surface area contributed by atoms with Gasteiger partial charge in [-0.05, 0) is 19.1 Å². The lowest BCUT2D eigenvalue weighted by atomic mass is 10.2. The van der Waals surface area contributed by atoms with Crippen LogP contribution in [0.15, 0.2) is 18.3 Å². The Kier molecular flexibility index (Phi) is 1.67. The van der Waals surface area contributed by atoms with Gasteiger partial charge in [-0.1, -0.05) is 0 Å². The fourth-order valence-electron chi connectivity index (χ4n) is 0.602. The summed E-state index contributed by atoms with van der Waals surface area (Å²) in [5.41, 5.74) is 7.90. The van der Waals surface area contributed by atoms with Crippen molar-refractivity contribution < 1.29 is 4.79 Å². The van der Waals surface area contributed by atoms with Gasteiger partial charge < -0.3 is 0 Å². The van der Waals surface area contributed by atoms with Gasteiger partial charge in [0.05, 0.1) is 5.56 Å². The minimum atomic E-state index is -0.688. The highest BCUT2D eigenvalue weighted by Gasteiger charge is 1.98. The number of rotatable bonds is 1. The van der Waals surface area contributed by atoms with Crippen LogP contribution < -0.4 is 5.73 Å². The zero-order chi connectivity index (χ0) is 7.56. The van der Waals surface area contributed by atoms with E-state index in [1.807, 2.05) is 6.92 Å². The molecule has 0 aliphatic heterocycles. The van der Waals surface area contributed by atoms with Crippen molar-refractivity contribution in [2.75, 3.05) is 0 Å². The maximum absolute atomic E-state index is 10.4. The Morgan fingerprint density at radius 1 is 1.60 bits per heavy atom. The van der Waals surface area contributed by atoms with Gasteiger partial charge in [0.15, 0.2) is 0 Å². The number of amides is 1. The van der Waals surface area contributed by atoms with Gasteiger partial charge in [0.1, 0.15) is 0 Å². The summed E-state index contributed by atoms with van der Waals surface area (Å²) in [6.07, 6.45) is 1.41. The number of carbonyl (C=O) groups is 1. The molecule has 0 aliphatic carbocycles. The Bertz CT molecular complexity index is 240. The maximum Gasteiger partial charge on any atom is 0.271 e. The molecule has 0 saturated heterocycles. The molecule has 1 aromatic rings. The van der Waals surface area contributed by atoms with E-state index in [0.29, 0.717) is 5.56 Å². The molecule has 1 N–H and O–H groups in total. The average molecular weight is 135 g/mol. The Balaban J connectivity index is 3.00. The number of hydrogen-bond acceptors (Lipinski definition) is 2. The van der Waals surface area contributed by atoms with Crippen LogP contribution in [0.1, 0.15) is 16.1 Å². The zero-order valence-corrected chi connectivity index (χ0v) is 5.59. The number of hydrogen-bond donors (Lipinski definition) is 0. The van der Waals surface area contributed by atoms with E-state index in [4.69, 9.17) is 5.73 Å². The Labute approximate surface area is 58.9 Å². The molecule has 1 amide bonds. The highest BCUT2D eigenvalue weighted by Crippen LogP contribution is 1.97. The normalized spacial score (nSPS) is 9.30. The van der Waals surface area contributed by atoms with E-state index >= 15 is 0 Å². The summed E-state index contributed by atoms with van der Waals surface area (Å²) in [5.74, 6) is -0.688. The molecule has 0 atom stereocenters. The van der Waals surface area contributed by atoms with E-state index in [1.165, 1.54) is 6.20 Å². The van der Waals surface area contributed by atoms with Gasteiger partial charge in [-0.3, -0.25) is 15.5 Å². The van der Waals surface area contributed by atoms with Gasteiger partial charge in [0, 0.05) is 11.9 Å². The average Bonchev–Trinajstić information content (AvgIpc) is 1.88. The predicted octanol–water partition coefficient (Wildman–Crippen LogP) is 0.813. The van der Waals surface area contributed by atoms with Crippen LogP contribution in [0.5, 0.6) is 0 Å². The van der Waals surface area contributed by atoms with Gasteiger partial charge in [0.25, 0.3) is 5.91 Å². The molecule has 1 rings (SSSR count). The van der Waals surface area contributed by atoms with Crippen LogP contribution in [-0.4, -0.2) is 10.9 Å². The van der Waals surface area contributed by atoms with Gasteiger partial charge in [-0.15, -0.1) is 0 Å². The minimum Gasteiger partial charge on any atom is -0.267 e. The number of nitrogens with zero attached hydrogens (tertiary/aromatic N) is 1. The second kappa shape index (κ2) is 2.47. The van der Waals surface area contributed by atoms with Gasteiger partial charge >= 0.3 is 0 Å². The molecule has 0 aromatic carbocycles. The first kappa shape index (κ1) is 6.74. The molecule has 0 aliphatic rings. The highest BCUT2D eigenvalue weighted by atomic mass is 16.1. The quantitative estimate of drug-likeness (QED) is 0.572. The first-order valence-corrected chi connectivity index (χ1v) is 2.89. The summed E-state index contributed by atoms with van der Waals surface area (Å²) in [7, 11) is 0. The van der Waals surface area contributed by atoms with E-state index in [0.717, 1.165) is 5.69 Å². The second-order valence-electron chi connectivity index (χ2n) is 2.02. The third kappa shape index (κ3) is 1.31. The molecule has 0 fully saturated rings. The molecule has 51 valence electrons. The fraction of sp³-hybridized carbons (Fsp3) is 0.143. The standard InChI is InChI=1S/C7H7N2O/c1-5-2-3-6(4-9-5)7(8)10/h2-4,8H,1H3. The predicted molar refractivity (Wildman–Crippen MR) is 36.4 cm³/mol. The van der Waals surface area contributed by atoms with Gasteiger partial charge in [0.2, 0.25) is 0 Å². The molecule has 10 heavy (non-hydrogen) atoms. The van der Waals surface area contributed by atoms with Crippen molar-refractivity contribution in [3.63, 3.8) is 0 Å². The molecular formula is C7H7N2O. The molecule has 3 heteroatoms. The first-order chi connectivity index (χ1) is 4.70. The summed E-state index contributed by atoms with van der Waals surface area (Å²) in [4.78, 5) is 14.2. The molecular weight excluding hydrogens is 128 g/mol. The lowest BCUT2D eigenvalue weighted by molar-refractivity contribution is 0.0991. The van der Waals surface area contributed by atoms with E-state index in [-0.39, 0.29) is 0 Å². The smallest absolute Gasteiger partial charge is 0.267 e. The Hall–Kier alpha value is -1.38. The summed E-state index contributed by atoms with van der Waals surface area (Å²) >= 11 is 0. The van der Waals surface area contributed by atoms with Crippen molar-refractivity contribution in [2.24, 2.45) is 0 Å². The van der Waals surface area contributed by atoms with Crippen LogP contribution in [0.3, 0.4) is 0 Å². The summed E-state index contributed by atoms with van der Waals surface area (Å²) in [6.45, 7) is 1.83. The molecule has 0 unspecified atom stereocenters. The third-order valence-electron chi connectivity index (χ3n) is 1.17. The minimum absolute atomic E-state index is 0.339. The molecule has 3 nitrogen and oxygen atoms in total. The van der Waals surface area contributed by atoms with Crippen LogP contribution in [0.2, 0.25) is 0 Å². The third-order valence-corrected chi connectivity index (χ3v) is 1.17. The van der Waals surface area contributed by atoms with E-state index in [9.17, 15) is 4.79 Å². The SMILES string of the molecule is Cc1ccc(C([NH])=O)cn1.